The first kappa shape index (κ1) is 12.7. The number of ether oxygens (including phenoxy) is 1. The Morgan fingerprint density at radius 2 is 1.69 bits per heavy atom. The van der Waals surface area contributed by atoms with Crippen LogP contribution in [0.3, 0.4) is 0 Å². The van der Waals surface area contributed by atoms with Crippen LogP contribution in [0.2, 0.25) is 0 Å². The zero-order chi connectivity index (χ0) is 12.3. The van der Waals surface area contributed by atoms with Crippen LogP contribution < -0.4 is 0 Å². The van der Waals surface area contributed by atoms with Crippen molar-refractivity contribution in [2.45, 2.75) is 39.2 Å². The zero-order valence-corrected chi connectivity index (χ0v) is 9.90. The Hall–Kier alpha value is -1.32. The Bertz CT molecular complexity index is 311. The van der Waals surface area contributed by atoms with Gasteiger partial charge >= 0.3 is 11.9 Å². The molecule has 4 nitrogen and oxygen atoms in total. The van der Waals surface area contributed by atoms with Crippen molar-refractivity contribution < 1.29 is 19.4 Å². The van der Waals surface area contributed by atoms with Crippen LogP contribution in [-0.2, 0) is 14.3 Å². The molecule has 0 bridgehead atoms. The average molecular weight is 226 g/mol. The van der Waals surface area contributed by atoms with E-state index < -0.39 is 29.4 Å². The van der Waals surface area contributed by atoms with Gasteiger partial charge in [0.2, 0.25) is 0 Å². The number of aliphatic carboxylic acids is 1. The summed E-state index contributed by atoms with van der Waals surface area (Å²) >= 11 is 0. The van der Waals surface area contributed by atoms with Crippen molar-refractivity contribution in [3.63, 3.8) is 0 Å². The summed E-state index contributed by atoms with van der Waals surface area (Å²) in [5.74, 6) is -2.55. The summed E-state index contributed by atoms with van der Waals surface area (Å²) in [5.41, 5.74) is -0.568. The number of allylic oxidation sites excluding steroid dienone is 2. The van der Waals surface area contributed by atoms with Crippen LogP contribution in [0.25, 0.3) is 0 Å². The van der Waals surface area contributed by atoms with Crippen molar-refractivity contribution in [1.29, 1.82) is 0 Å². The molecule has 0 amide bonds. The van der Waals surface area contributed by atoms with Gasteiger partial charge in [-0.3, -0.25) is 9.59 Å². The third kappa shape index (κ3) is 3.36. The van der Waals surface area contributed by atoms with Crippen LogP contribution in [0, 0.1) is 11.8 Å². The molecule has 0 aromatic carbocycles. The third-order valence-corrected chi connectivity index (χ3v) is 2.46. The molecule has 16 heavy (non-hydrogen) atoms. The number of carboxylic acids is 1. The van der Waals surface area contributed by atoms with Crippen LogP contribution in [-0.4, -0.2) is 22.6 Å². The molecular weight excluding hydrogens is 208 g/mol. The lowest BCUT2D eigenvalue weighted by Crippen LogP contribution is -2.36. The molecule has 1 aliphatic carbocycles. The van der Waals surface area contributed by atoms with Crippen LogP contribution in [0.4, 0.5) is 0 Å². The Balaban J connectivity index is 2.73. The highest BCUT2D eigenvalue weighted by atomic mass is 16.6. The summed E-state index contributed by atoms with van der Waals surface area (Å²) in [6.07, 6.45) is 4.50. The van der Waals surface area contributed by atoms with Crippen LogP contribution in [0.1, 0.15) is 33.6 Å². The molecule has 2 unspecified atom stereocenters. The van der Waals surface area contributed by atoms with Crippen molar-refractivity contribution in [1.82, 2.24) is 0 Å². The van der Waals surface area contributed by atoms with Crippen LogP contribution in [0.5, 0.6) is 0 Å². The fraction of sp³-hybridized carbons (Fsp3) is 0.667. The predicted octanol–water partition coefficient (Wildman–Crippen LogP) is 2.00. The third-order valence-electron chi connectivity index (χ3n) is 2.46. The van der Waals surface area contributed by atoms with Crippen LogP contribution >= 0.6 is 0 Å². The Labute approximate surface area is 95.3 Å². The van der Waals surface area contributed by atoms with Gasteiger partial charge in [-0.1, -0.05) is 12.2 Å². The van der Waals surface area contributed by atoms with E-state index in [9.17, 15) is 9.59 Å². The van der Waals surface area contributed by atoms with Gasteiger partial charge in [0.1, 0.15) is 5.60 Å². The van der Waals surface area contributed by atoms with E-state index in [1.807, 2.05) is 6.08 Å². The van der Waals surface area contributed by atoms with Gasteiger partial charge in [-0.15, -0.1) is 0 Å². The summed E-state index contributed by atoms with van der Waals surface area (Å²) < 4.78 is 5.22. The molecule has 0 aliphatic heterocycles. The number of hydrogen-bond acceptors (Lipinski definition) is 3. The summed E-state index contributed by atoms with van der Waals surface area (Å²) in [7, 11) is 0. The Morgan fingerprint density at radius 1 is 1.19 bits per heavy atom. The largest absolute Gasteiger partial charge is 0.481 e. The first-order valence-electron chi connectivity index (χ1n) is 5.42. The average Bonchev–Trinajstić information content (AvgIpc) is 2.15. The molecule has 0 fully saturated rings. The van der Waals surface area contributed by atoms with E-state index in [-0.39, 0.29) is 0 Å². The van der Waals surface area contributed by atoms with E-state index in [4.69, 9.17) is 9.84 Å². The molecule has 0 aromatic heterocycles. The van der Waals surface area contributed by atoms with E-state index in [0.29, 0.717) is 12.8 Å². The molecule has 90 valence electrons. The van der Waals surface area contributed by atoms with Crippen LogP contribution in [0.15, 0.2) is 12.2 Å². The van der Waals surface area contributed by atoms with E-state index >= 15 is 0 Å². The lowest BCUT2D eigenvalue weighted by Gasteiger charge is -2.27. The lowest BCUT2D eigenvalue weighted by molar-refractivity contribution is -0.166. The molecule has 1 rings (SSSR count). The fourth-order valence-electron chi connectivity index (χ4n) is 1.73. The first-order chi connectivity index (χ1) is 7.31. The maximum Gasteiger partial charge on any atom is 0.310 e. The van der Waals surface area contributed by atoms with Gasteiger partial charge in [-0.25, -0.2) is 0 Å². The summed E-state index contributed by atoms with van der Waals surface area (Å²) in [6.45, 7) is 5.33. The van der Waals surface area contributed by atoms with Gasteiger partial charge in [-0.2, -0.15) is 0 Å². The molecular formula is C12H18O4. The molecule has 2 atom stereocenters. The Kier molecular flexibility index (Phi) is 3.73. The second-order valence-electron chi connectivity index (χ2n) is 5.03. The minimum atomic E-state index is -0.930. The first-order valence-corrected chi connectivity index (χ1v) is 5.42. The van der Waals surface area contributed by atoms with Crippen molar-refractivity contribution in [3.8, 4) is 0 Å². The lowest BCUT2D eigenvalue weighted by atomic mass is 9.83. The zero-order valence-electron chi connectivity index (χ0n) is 9.90. The standard InChI is InChI=1S/C12H18O4/c1-12(2,3)16-11(15)9-7-5-4-6-8(9)10(13)14/h4-5,8-9H,6-7H2,1-3H3,(H,13,14). The number of hydrogen-bond donors (Lipinski definition) is 1. The van der Waals surface area contributed by atoms with Gasteiger partial charge in [0.25, 0.3) is 0 Å². The van der Waals surface area contributed by atoms with E-state index in [1.165, 1.54) is 0 Å². The monoisotopic (exact) mass is 226 g/mol. The van der Waals surface area contributed by atoms with Gasteiger partial charge < -0.3 is 9.84 Å². The smallest absolute Gasteiger partial charge is 0.310 e. The topological polar surface area (TPSA) is 63.6 Å². The second kappa shape index (κ2) is 4.68. The second-order valence-corrected chi connectivity index (χ2v) is 5.03. The predicted molar refractivity (Wildman–Crippen MR) is 58.8 cm³/mol. The molecule has 0 saturated heterocycles. The molecule has 0 heterocycles. The quantitative estimate of drug-likeness (QED) is 0.577. The van der Waals surface area contributed by atoms with E-state index in [0.717, 1.165) is 0 Å². The van der Waals surface area contributed by atoms with Gasteiger partial charge in [-0.05, 0) is 33.6 Å². The normalized spacial score (nSPS) is 25.2. The van der Waals surface area contributed by atoms with Gasteiger partial charge in [0.05, 0.1) is 11.8 Å². The minimum Gasteiger partial charge on any atom is -0.481 e. The highest BCUT2D eigenvalue weighted by Gasteiger charge is 2.36. The minimum absolute atomic E-state index is 0.402. The summed E-state index contributed by atoms with van der Waals surface area (Å²) in [6, 6.07) is 0. The summed E-state index contributed by atoms with van der Waals surface area (Å²) in [5, 5.41) is 9.01. The number of esters is 1. The maximum absolute atomic E-state index is 11.8. The molecule has 0 saturated carbocycles. The number of carbonyl (C=O) groups excluding carboxylic acids is 1. The molecule has 4 heteroatoms. The van der Waals surface area contributed by atoms with Gasteiger partial charge in [0.15, 0.2) is 0 Å². The number of carbonyl (C=O) groups is 2. The number of carboxylic acid groups (broad SMARTS) is 1. The van der Waals surface area contributed by atoms with Gasteiger partial charge in [0, 0.05) is 0 Å². The molecule has 1 N–H and O–H groups in total. The molecule has 0 spiro atoms. The van der Waals surface area contributed by atoms with Crippen molar-refractivity contribution >= 4 is 11.9 Å². The van der Waals surface area contributed by atoms with E-state index in [1.54, 1.807) is 26.8 Å². The SMILES string of the molecule is CC(C)(C)OC(=O)C1CC=CCC1C(=O)O. The van der Waals surface area contributed by atoms with Crippen molar-refractivity contribution in [2.75, 3.05) is 0 Å². The molecule has 1 aliphatic rings. The maximum atomic E-state index is 11.8. The highest BCUT2D eigenvalue weighted by molar-refractivity contribution is 5.82. The molecule has 0 aromatic rings. The number of rotatable bonds is 2. The van der Waals surface area contributed by atoms with E-state index in [2.05, 4.69) is 0 Å². The summed E-state index contributed by atoms with van der Waals surface area (Å²) in [4.78, 5) is 22.8. The van der Waals surface area contributed by atoms with Crippen molar-refractivity contribution in [3.05, 3.63) is 12.2 Å². The Morgan fingerprint density at radius 3 is 2.12 bits per heavy atom. The highest BCUT2D eigenvalue weighted by Crippen LogP contribution is 2.28. The fourth-order valence-corrected chi connectivity index (χ4v) is 1.73. The molecule has 0 radical (unpaired) electrons. The van der Waals surface area contributed by atoms with Crippen molar-refractivity contribution in [2.24, 2.45) is 11.8 Å².